The van der Waals surface area contributed by atoms with E-state index in [-0.39, 0.29) is 0 Å². The summed E-state index contributed by atoms with van der Waals surface area (Å²) in [6, 6.07) is 9.31. The van der Waals surface area contributed by atoms with Crippen LogP contribution in [0.3, 0.4) is 0 Å². The highest BCUT2D eigenvalue weighted by Crippen LogP contribution is 2.38. The van der Waals surface area contributed by atoms with E-state index in [0.717, 1.165) is 0 Å². The van der Waals surface area contributed by atoms with Crippen LogP contribution in [-0.2, 0) is 0 Å². The zero-order valence-corrected chi connectivity index (χ0v) is 10.0. The molecule has 0 radical (unpaired) electrons. The molecule has 1 unspecified atom stereocenters. The van der Waals surface area contributed by atoms with Gasteiger partial charge in [0.1, 0.15) is 0 Å². The van der Waals surface area contributed by atoms with Crippen molar-refractivity contribution in [2.75, 3.05) is 5.32 Å². The lowest BCUT2D eigenvalue weighted by Crippen LogP contribution is -2.30. The predicted molar refractivity (Wildman–Crippen MR) is 66.2 cm³/mol. The van der Waals surface area contributed by atoms with Crippen molar-refractivity contribution in [3.8, 4) is 0 Å². The number of benzene rings is 1. The third-order valence-corrected chi connectivity index (χ3v) is 3.62. The van der Waals surface area contributed by atoms with Crippen LogP contribution in [0.5, 0.6) is 0 Å². The van der Waals surface area contributed by atoms with E-state index in [0.29, 0.717) is 11.5 Å². The molecule has 2 rings (SSSR count). The van der Waals surface area contributed by atoms with Gasteiger partial charge < -0.3 is 5.32 Å². The van der Waals surface area contributed by atoms with Crippen LogP contribution < -0.4 is 5.32 Å². The minimum absolute atomic E-state index is 0.448. The van der Waals surface area contributed by atoms with Crippen LogP contribution >= 0.6 is 0 Å². The lowest BCUT2D eigenvalue weighted by molar-refractivity contribution is 0.350. The fourth-order valence-electron chi connectivity index (χ4n) is 2.53. The summed E-state index contributed by atoms with van der Waals surface area (Å²) in [5.74, 6) is 0. The van der Waals surface area contributed by atoms with Gasteiger partial charge in [-0.3, -0.25) is 0 Å². The maximum atomic E-state index is 3.67. The Morgan fingerprint density at radius 3 is 2.73 bits per heavy atom. The lowest BCUT2D eigenvalue weighted by atomic mass is 9.87. The SMILES string of the molecule is Cc1cccc(NC2CCCC2(C)C)c1. The van der Waals surface area contributed by atoms with Crippen molar-refractivity contribution in [3.05, 3.63) is 29.8 Å². The Balaban J connectivity index is 2.09. The average molecular weight is 203 g/mol. The number of aryl methyl sites for hydroxylation is 1. The second-order valence-electron chi connectivity index (χ2n) is 5.45. The molecule has 1 heteroatoms. The highest BCUT2D eigenvalue weighted by Gasteiger charge is 2.34. The summed E-state index contributed by atoms with van der Waals surface area (Å²) in [7, 11) is 0. The van der Waals surface area contributed by atoms with Crippen molar-refractivity contribution in [3.63, 3.8) is 0 Å². The predicted octanol–water partition coefficient (Wildman–Crippen LogP) is 3.99. The third-order valence-electron chi connectivity index (χ3n) is 3.62. The zero-order chi connectivity index (χ0) is 10.9. The second-order valence-corrected chi connectivity index (χ2v) is 5.45. The Hall–Kier alpha value is -0.980. The van der Waals surface area contributed by atoms with Crippen LogP contribution in [-0.4, -0.2) is 6.04 Å². The summed E-state index contributed by atoms with van der Waals surface area (Å²) in [6.45, 7) is 6.88. The summed E-state index contributed by atoms with van der Waals surface area (Å²) >= 11 is 0. The number of anilines is 1. The quantitative estimate of drug-likeness (QED) is 0.766. The molecule has 1 fully saturated rings. The van der Waals surface area contributed by atoms with Crippen LogP contribution in [0.1, 0.15) is 38.7 Å². The number of hydrogen-bond acceptors (Lipinski definition) is 1. The van der Waals surface area contributed by atoms with E-state index in [1.807, 2.05) is 0 Å². The van der Waals surface area contributed by atoms with Gasteiger partial charge in [0.05, 0.1) is 0 Å². The van der Waals surface area contributed by atoms with E-state index in [4.69, 9.17) is 0 Å². The molecule has 1 atom stereocenters. The molecule has 0 aliphatic heterocycles. The van der Waals surface area contributed by atoms with Gasteiger partial charge in [-0.1, -0.05) is 32.4 Å². The molecule has 1 nitrogen and oxygen atoms in total. The fraction of sp³-hybridized carbons (Fsp3) is 0.571. The van der Waals surface area contributed by atoms with Crippen molar-refractivity contribution in [2.45, 2.75) is 46.1 Å². The summed E-state index contributed by atoms with van der Waals surface area (Å²) in [5, 5.41) is 3.67. The lowest BCUT2D eigenvalue weighted by Gasteiger charge is -2.28. The largest absolute Gasteiger partial charge is 0.382 e. The van der Waals surface area contributed by atoms with Crippen molar-refractivity contribution in [1.29, 1.82) is 0 Å². The molecular weight excluding hydrogens is 182 g/mol. The summed E-state index contributed by atoms with van der Waals surface area (Å²) in [6.07, 6.45) is 4.01. The molecule has 0 saturated heterocycles. The molecule has 1 aromatic carbocycles. The Kier molecular flexibility index (Phi) is 2.72. The van der Waals surface area contributed by atoms with Crippen molar-refractivity contribution in [1.82, 2.24) is 0 Å². The molecule has 15 heavy (non-hydrogen) atoms. The highest BCUT2D eigenvalue weighted by atomic mass is 14.9. The smallest absolute Gasteiger partial charge is 0.0345 e. The maximum Gasteiger partial charge on any atom is 0.0345 e. The molecule has 1 aliphatic rings. The highest BCUT2D eigenvalue weighted by molar-refractivity contribution is 5.46. The van der Waals surface area contributed by atoms with Gasteiger partial charge in [0.2, 0.25) is 0 Å². The van der Waals surface area contributed by atoms with Crippen molar-refractivity contribution >= 4 is 5.69 Å². The van der Waals surface area contributed by atoms with Crippen LogP contribution in [0.4, 0.5) is 5.69 Å². The molecule has 1 aliphatic carbocycles. The van der Waals surface area contributed by atoms with E-state index < -0.39 is 0 Å². The normalized spacial score (nSPS) is 24.1. The molecule has 1 aromatic rings. The topological polar surface area (TPSA) is 12.0 Å². The molecule has 0 bridgehead atoms. The first-order valence-corrected chi connectivity index (χ1v) is 5.91. The first kappa shape index (κ1) is 10.5. The third kappa shape index (κ3) is 2.34. The molecule has 82 valence electrons. The maximum absolute atomic E-state index is 3.67. The van der Waals surface area contributed by atoms with Gasteiger partial charge in [-0.15, -0.1) is 0 Å². The van der Waals surface area contributed by atoms with E-state index in [2.05, 4.69) is 50.4 Å². The molecule has 0 amide bonds. The van der Waals surface area contributed by atoms with E-state index in [1.165, 1.54) is 30.5 Å². The summed E-state index contributed by atoms with van der Waals surface area (Å²) in [4.78, 5) is 0. The Bertz CT molecular complexity index is 341. The van der Waals surface area contributed by atoms with Crippen molar-refractivity contribution < 1.29 is 0 Å². The van der Waals surface area contributed by atoms with Crippen LogP contribution in [0.2, 0.25) is 0 Å². The van der Waals surface area contributed by atoms with Gasteiger partial charge in [-0.2, -0.15) is 0 Å². The van der Waals surface area contributed by atoms with Gasteiger partial charge >= 0.3 is 0 Å². The average Bonchev–Trinajstić information content (AvgIpc) is 2.46. The van der Waals surface area contributed by atoms with Crippen molar-refractivity contribution in [2.24, 2.45) is 5.41 Å². The number of hydrogen-bond donors (Lipinski definition) is 1. The van der Waals surface area contributed by atoms with Gasteiger partial charge in [-0.25, -0.2) is 0 Å². The van der Waals surface area contributed by atoms with Crippen LogP contribution in [0, 0.1) is 12.3 Å². The minimum atomic E-state index is 0.448. The van der Waals surface area contributed by atoms with Gasteiger partial charge in [0.15, 0.2) is 0 Å². The first-order valence-electron chi connectivity index (χ1n) is 5.91. The van der Waals surface area contributed by atoms with Gasteiger partial charge in [0.25, 0.3) is 0 Å². The standard InChI is InChI=1S/C14H21N/c1-11-6-4-7-12(10-11)15-13-8-5-9-14(13,2)3/h4,6-7,10,13,15H,5,8-9H2,1-3H3. The monoisotopic (exact) mass is 203 g/mol. The summed E-state index contributed by atoms with van der Waals surface area (Å²) in [5.41, 5.74) is 3.05. The Morgan fingerprint density at radius 1 is 1.33 bits per heavy atom. The van der Waals surface area contributed by atoms with Crippen LogP contribution in [0.25, 0.3) is 0 Å². The van der Waals surface area contributed by atoms with Crippen LogP contribution in [0.15, 0.2) is 24.3 Å². The molecule has 0 aromatic heterocycles. The van der Waals surface area contributed by atoms with Gasteiger partial charge in [0, 0.05) is 11.7 Å². The molecule has 0 heterocycles. The second kappa shape index (κ2) is 3.88. The molecule has 1 saturated carbocycles. The first-order chi connectivity index (χ1) is 7.08. The minimum Gasteiger partial charge on any atom is -0.382 e. The Labute approximate surface area is 92.9 Å². The number of nitrogens with one attached hydrogen (secondary N) is 1. The summed E-state index contributed by atoms with van der Waals surface area (Å²) < 4.78 is 0. The van der Waals surface area contributed by atoms with E-state index in [1.54, 1.807) is 0 Å². The van der Waals surface area contributed by atoms with E-state index >= 15 is 0 Å². The molecule has 1 N–H and O–H groups in total. The van der Waals surface area contributed by atoms with E-state index in [9.17, 15) is 0 Å². The Morgan fingerprint density at radius 2 is 2.13 bits per heavy atom. The fourth-order valence-corrected chi connectivity index (χ4v) is 2.53. The number of rotatable bonds is 2. The zero-order valence-electron chi connectivity index (χ0n) is 10.0. The molecular formula is C14H21N. The van der Waals surface area contributed by atoms with Gasteiger partial charge in [-0.05, 0) is 42.9 Å². The molecule has 0 spiro atoms.